The van der Waals surface area contributed by atoms with Crippen LogP contribution in [0.3, 0.4) is 0 Å². The van der Waals surface area contributed by atoms with Crippen LogP contribution in [0.5, 0.6) is 5.75 Å². The summed E-state index contributed by atoms with van der Waals surface area (Å²) in [5, 5.41) is 4.73. The molecule has 0 unspecified atom stereocenters. The first-order chi connectivity index (χ1) is 9.58. The van der Waals surface area contributed by atoms with Gasteiger partial charge in [0, 0.05) is 30.2 Å². The second-order valence-electron chi connectivity index (χ2n) is 5.42. The van der Waals surface area contributed by atoms with E-state index < -0.39 is 0 Å². The van der Waals surface area contributed by atoms with Crippen molar-refractivity contribution in [3.8, 4) is 5.75 Å². The highest BCUT2D eigenvalue weighted by Crippen LogP contribution is 2.29. The number of hydrogen-bond acceptors (Lipinski definition) is 2. The SMILES string of the molecule is CCNCc1c(C)n(C)c2ccc(O[C@@H](C)CC)cc12. The van der Waals surface area contributed by atoms with Gasteiger partial charge >= 0.3 is 0 Å². The molecular formula is C17H26N2O. The van der Waals surface area contributed by atoms with Crippen molar-refractivity contribution in [3.63, 3.8) is 0 Å². The number of nitrogens with one attached hydrogen (secondary N) is 1. The van der Waals surface area contributed by atoms with Crippen molar-refractivity contribution >= 4 is 10.9 Å². The van der Waals surface area contributed by atoms with Crippen molar-refractivity contribution in [2.45, 2.75) is 46.8 Å². The Morgan fingerprint density at radius 1 is 1.30 bits per heavy atom. The van der Waals surface area contributed by atoms with E-state index in [0.717, 1.165) is 25.3 Å². The summed E-state index contributed by atoms with van der Waals surface area (Å²) in [7, 11) is 2.13. The van der Waals surface area contributed by atoms with Crippen LogP contribution in [0.4, 0.5) is 0 Å². The quantitative estimate of drug-likeness (QED) is 0.867. The number of rotatable bonds is 6. The largest absolute Gasteiger partial charge is 0.491 e. The number of ether oxygens (including phenoxy) is 1. The molecule has 20 heavy (non-hydrogen) atoms. The summed E-state index contributed by atoms with van der Waals surface area (Å²) in [6, 6.07) is 6.42. The molecule has 110 valence electrons. The average molecular weight is 274 g/mol. The van der Waals surface area contributed by atoms with Crippen LogP contribution in [-0.2, 0) is 13.6 Å². The smallest absolute Gasteiger partial charge is 0.120 e. The van der Waals surface area contributed by atoms with Crippen LogP contribution in [0.15, 0.2) is 18.2 Å². The van der Waals surface area contributed by atoms with E-state index in [9.17, 15) is 0 Å². The number of hydrogen-bond donors (Lipinski definition) is 1. The molecule has 0 amide bonds. The van der Waals surface area contributed by atoms with Gasteiger partial charge < -0.3 is 14.6 Å². The number of aromatic nitrogens is 1. The second-order valence-corrected chi connectivity index (χ2v) is 5.42. The first kappa shape index (κ1) is 14.9. The first-order valence-corrected chi connectivity index (χ1v) is 7.53. The van der Waals surface area contributed by atoms with E-state index in [2.05, 4.69) is 62.8 Å². The molecule has 1 aromatic carbocycles. The van der Waals surface area contributed by atoms with Gasteiger partial charge in [-0.25, -0.2) is 0 Å². The molecule has 3 heteroatoms. The average Bonchev–Trinajstić information content (AvgIpc) is 2.68. The maximum atomic E-state index is 5.95. The minimum absolute atomic E-state index is 0.259. The van der Waals surface area contributed by atoms with Crippen LogP contribution in [0.25, 0.3) is 10.9 Å². The van der Waals surface area contributed by atoms with Crippen LogP contribution < -0.4 is 10.1 Å². The highest BCUT2D eigenvalue weighted by molar-refractivity contribution is 5.86. The van der Waals surface area contributed by atoms with Gasteiger partial charge in [0.25, 0.3) is 0 Å². The minimum atomic E-state index is 0.259. The molecule has 0 aliphatic carbocycles. The molecule has 0 aliphatic rings. The van der Waals surface area contributed by atoms with Gasteiger partial charge in [-0.15, -0.1) is 0 Å². The minimum Gasteiger partial charge on any atom is -0.491 e. The summed E-state index contributed by atoms with van der Waals surface area (Å²) in [6.45, 7) is 10.5. The zero-order valence-electron chi connectivity index (χ0n) is 13.3. The summed E-state index contributed by atoms with van der Waals surface area (Å²) >= 11 is 0. The van der Waals surface area contributed by atoms with E-state index in [1.807, 2.05) is 0 Å². The zero-order valence-corrected chi connectivity index (χ0v) is 13.3. The molecule has 1 atom stereocenters. The summed E-state index contributed by atoms with van der Waals surface area (Å²) in [4.78, 5) is 0. The van der Waals surface area contributed by atoms with Gasteiger partial charge in [0.05, 0.1) is 6.10 Å². The molecule has 2 rings (SSSR count). The van der Waals surface area contributed by atoms with E-state index in [-0.39, 0.29) is 6.10 Å². The van der Waals surface area contributed by atoms with Crippen molar-refractivity contribution < 1.29 is 4.74 Å². The fourth-order valence-corrected chi connectivity index (χ4v) is 2.49. The van der Waals surface area contributed by atoms with E-state index in [0.29, 0.717) is 0 Å². The number of benzene rings is 1. The van der Waals surface area contributed by atoms with E-state index in [1.54, 1.807) is 0 Å². The van der Waals surface area contributed by atoms with Crippen LogP contribution in [0.1, 0.15) is 38.4 Å². The lowest BCUT2D eigenvalue weighted by Gasteiger charge is -2.12. The Hall–Kier alpha value is -1.48. The molecular weight excluding hydrogens is 248 g/mol. The fourth-order valence-electron chi connectivity index (χ4n) is 2.49. The highest BCUT2D eigenvalue weighted by atomic mass is 16.5. The Labute approximate surface area is 121 Å². The molecule has 0 saturated heterocycles. The Balaban J connectivity index is 2.43. The van der Waals surface area contributed by atoms with E-state index >= 15 is 0 Å². The lowest BCUT2D eigenvalue weighted by Crippen LogP contribution is -2.12. The van der Waals surface area contributed by atoms with E-state index in [4.69, 9.17) is 4.74 Å². The van der Waals surface area contributed by atoms with Crippen molar-refractivity contribution in [2.75, 3.05) is 6.54 Å². The molecule has 1 heterocycles. The van der Waals surface area contributed by atoms with Crippen LogP contribution in [-0.4, -0.2) is 17.2 Å². The Morgan fingerprint density at radius 2 is 2.05 bits per heavy atom. The van der Waals surface area contributed by atoms with Crippen LogP contribution >= 0.6 is 0 Å². The predicted octanol–water partition coefficient (Wildman–Crippen LogP) is 3.77. The predicted molar refractivity (Wildman–Crippen MR) is 85.4 cm³/mol. The topological polar surface area (TPSA) is 26.2 Å². The molecule has 0 saturated carbocycles. The standard InChI is InChI=1S/C17H26N2O/c1-6-12(3)20-14-8-9-17-15(10-14)16(11-18-7-2)13(4)19(17)5/h8-10,12,18H,6-7,11H2,1-5H3/t12-/m0/s1. The summed E-state index contributed by atoms with van der Waals surface area (Å²) in [5.41, 5.74) is 3.97. The molecule has 1 aromatic heterocycles. The van der Waals surface area contributed by atoms with Gasteiger partial charge in [0.2, 0.25) is 0 Å². The monoisotopic (exact) mass is 274 g/mol. The van der Waals surface area contributed by atoms with Gasteiger partial charge in [0.15, 0.2) is 0 Å². The summed E-state index contributed by atoms with van der Waals surface area (Å²) < 4.78 is 8.21. The highest BCUT2D eigenvalue weighted by Gasteiger charge is 2.13. The van der Waals surface area contributed by atoms with Crippen LogP contribution in [0.2, 0.25) is 0 Å². The number of aryl methyl sites for hydroxylation is 1. The molecule has 0 bridgehead atoms. The van der Waals surface area contributed by atoms with Crippen molar-refractivity contribution in [3.05, 3.63) is 29.5 Å². The third-order valence-electron chi connectivity index (χ3n) is 4.06. The fraction of sp³-hybridized carbons (Fsp3) is 0.529. The maximum absolute atomic E-state index is 5.95. The molecule has 3 nitrogen and oxygen atoms in total. The molecule has 0 fully saturated rings. The molecule has 1 N–H and O–H groups in total. The Kier molecular flexibility index (Phi) is 4.71. The van der Waals surface area contributed by atoms with Gasteiger partial charge in [-0.2, -0.15) is 0 Å². The van der Waals surface area contributed by atoms with E-state index in [1.165, 1.54) is 22.2 Å². The summed E-state index contributed by atoms with van der Waals surface area (Å²) in [6.07, 6.45) is 1.28. The Morgan fingerprint density at radius 3 is 2.70 bits per heavy atom. The van der Waals surface area contributed by atoms with Crippen molar-refractivity contribution in [2.24, 2.45) is 7.05 Å². The molecule has 0 radical (unpaired) electrons. The molecule has 2 aromatic rings. The Bertz CT molecular complexity index is 586. The van der Waals surface area contributed by atoms with Gasteiger partial charge in [-0.05, 0) is 50.6 Å². The van der Waals surface area contributed by atoms with Crippen molar-refractivity contribution in [1.29, 1.82) is 0 Å². The normalized spacial score (nSPS) is 12.8. The third-order valence-corrected chi connectivity index (χ3v) is 4.06. The zero-order chi connectivity index (χ0) is 14.7. The maximum Gasteiger partial charge on any atom is 0.120 e. The second kappa shape index (κ2) is 6.31. The van der Waals surface area contributed by atoms with Gasteiger partial charge in [-0.3, -0.25) is 0 Å². The lowest BCUT2D eigenvalue weighted by atomic mass is 10.1. The van der Waals surface area contributed by atoms with Gasteiger partial charge in [0.1, 0.15) is 5.75 Å². The molecule has 0 aliphatic heterocycles. The lowest BCUT2D eigenvalue weighted by molar-refractivity contribution is 0.217. The summed E-state index contributed by atoms with van der Waals surface area (Å²) in [5.74, 6) is 0.968. The van der Waals surface area contributed by atoms with Crippen molar-refractivity contribution in [1.82, 2.24) is 9.88 Å². The molecule has 0 spiro atoms. The van der Waals surface area contributed by atoms with Crippen LogP contribution in [0, 0.1) is 6.92 Å². The number of fused-ring (bicyclic) bond motifs is 1. The number of nitrogens with zero attached hydrogens (tertiary/aromatic N) is 1. The van der Waals surface area contributed by atoms with Gasteiger partial charge in [-0.1, -0.05) is 13.8 Å². The first-order valence-electron chi connectivity index (χ1n) is 7.53. The third kappa shape index (κ3) is 2.83.